The largest absolute Gasteiger partial charge is 0.465 e. The first-order valence-corrected chi connectivity index (χ1v) is 18.7. The minimum atomic E-state index is -1.16. The number of aromatic amines is 2. The SMILES string of the molecule is COCC[C@H](NC(=O)OC)C(=O)N[C@H](c1ncc(-c2ccc(-c3ccc(-c4cnc([C@@H]5CCCN5C(=O)[C@H](CCOC)N(C)C(=O)O)[nH]4)cc3)cc2)[nH]1)C(C)C. The van der Waals surface area contributed by atoms with Crippen LogP contribution in [0.4, 0.5) is 9.59 Å². The molecule has 4 atom stereocenters. The lowest BCUT2D eigenvalue weighted by atomic mass is 10.0. The summed E-state index contributed by atoms with van der Waals surface area (Å²) in [7, 11) is 5.71. The average Bonchev–Trinajstić information content (AvgIpc) is 4.00. The zero-order valence-electron chi connectivity index (χ0n) is 32.7. The summed E-state index contributed by atoms with van der Waals surface area (Å²) in [5, 5.41) is 15.2. The molecule has 1 aliphatic heterocycles. The summed E-state index contributed by atoms with van der Waals surface area (Å²) in [5.41, 5.74) is 5.51. The fourth-order valence-electron chi connectivity index (χ4n) is 6.84. The van der Waals surface area contributed by atoms with Crippen LogP contribution in [0, 0.1) is 5.92 Å². The van der Waals surface area contributed by atoms with Gasteiger partial charge in [0.15, 0.2) is 0 Å². The number of likely N-dealkylation sites (N-methyl/N-ethyl adjacent to an activating group) is 1. The summed E-state index contributed by atoms with van der Waals surface area (Å²) in [6.07, 6.45) is 3.70. The Bertz CT molecular complexity index is 1930. The number of nitrogens with one attached hydrogen (secondary N) is 4. The van der Waals surface area contributed by atoms with Crippen LogP contribution in [0.25, 0.3) is 33.6 Å². The number of carbonyl (C=O) groups excluding carboxylic acids is 3. The molecule has 16 nitrogen and oxygen atoms in total. The van der Waals surface area contributed by atoms with Gasteiger partial charge in [-0.1, -0.05) is 62.4 Å². The molecule has 300 valence electrons. The number of benzene rings is 2. The number of carbonyl (C=O) groups is 4. The number of H-pyrrole nitrogens is 2. The fraction of sp³-hybridized carbons (Fsp3) is 0.450. The van der Waals surface area contributed by atoms with E-state index in [2.05, 4.69) is 30.6 Å². The van der Waals surface area contributed by atoms with E-state index in [-0.39, 0.29) is 49.8 Å². The Kier molecular flexibility index (Phi) is 14.2. The molecule has 2 aromatic carbocycles. The first-order valence-electron chi connectivity index (χ1n) is 18.7. The van der Waals surface area contributed by atoms with Gasteiger partial charge in [-0.2, -0.15) is 0 Å². The molecule has 5 N–H and O–H groups in total. The summed E-state index contributed by atoms with van der Waals surface area (Å²) < 4.78 is 15.0. The molecular formula is C40H52N8O8. The Morgan fingerprint density at radius 2 is 1.43 bits per heavy atom. The Hall–Kier alpha value is -5.74. The molecule has 0 unspecified atom stereocenters. The van der Waals surface area contributed by atoms with Crippen molar-refractivity contribution in [2.45, 2.75) is 63.7 Å². The average molecular weight is 773 g/mol. The molecule has 5 rings (SSSR count). The van der Waals surface area contributed by atoms with Crippen LogP contribution in [0.3, 0.4) is 0 Å². The van der Waals surface area contributed by atoms with E-state index < -0.39 is 30.3 Å². The summed E-state index contributed by atoms with van der Waals surface area (Å²) in [5.74, 6) is 0.640. The number of likely N-dealkylation sites (tertiary alicyclic amines) is 1. The lowest BCUT2D eigenvalue weighted by Gasteiger charge is -2.31. The number of imidazole rings is 2. The van der Waals surface area contributed by atoms with Crippen molar-refractivity contribution in [2.24, 2.45) is 5.92 Å². The maximum absolute atomic E-state index is 13.6. The van der Waals surface area contributed by atoms with E-state index in [4.69, 9.17) is 14.2 Å². The van der Waals surface area contributed by atoms with Gasteiger partial charge >= 0.3 is 12.2 Å². The van der Waals surface area contributed by atoms with Gasteiger partial charge in [0.2, 0.25) is 11.8 Å². The molecule has 1 aliphatic rings. The van der Waals surface area contributed by atoms with Gasteiger partial charge < -0.3 is 44.8 Å². The van der Waals surface area contributed by atoms with E-state index in [1.54, 1.807) is 17.3 Å². The van der Waals surface area contributed by atoms with Crippen molar-refractivity contribution in [1.82, 2.24) is 40.4 Å². The minimum absolute atomic E-state index is 0.00354. The topological polar surface area (TPSA) is 204 Å². The number of carboxylic acid groups (broad SMARTS) is 1. The second kappa shape index (κ2) is 19.2. The molecular weight excluding hydrogens is 720 g/mol. The summed E-state index contributed by atoms with van der Waals surface area (Å²) in [6.45, 7) is 5.03. The Balaban J connectivity index is 1.24. The van der Waals surface area contributed by atoms with Crippen molar-refractivity contribution in [3.05, 3.63) is 72.6 Å². The third-order valence-electron chi connectivity index (χ3n) is 10.1. The van der Waals surface area contributed by atoms with Gasteiger partial charge in [-0.05, 0) is 41.0 Å². The van der Waals surface area contributed by atoms with Gasteiger partial charge in [0.25, 0.3) is 0 Å². The van der Waals surface area contributed by atoms with Gasteiger partial charge in [0.1, 0.15) is 23.7 Å². The van der Waals surface area contributed by atoms with Crippen LogP contribution in [0.2, 0.25) is 0 Å². The van der Waals surface area contributed by atoms with E-state index in [1.165, 1.54) is 28.4 Å². The van der Waals surface area contributed by atoms with Gasteiger partial charge in [0.05, 0.1) is 43.0 Å². The second-order valence-electron chi connectivity index (χ2n) is 14.1. The molecule has 4 amide bonds. The summed E-state index contributed by atoms with van der Waals surface area (Å²) in [4.78, 5) is 69.2. The smallest absolute Gasteiger partial charge is 0.407 e. The highest BCUT2D eigenvalue weighted by molar-refractivity contribution is 5.86. The van der Waals surface area contributed by atoms with Crippen LogP contribution in [0.15, 0.2) is 60.9 Å². The number of methoxy groups -OCH3 is 3. The predicted molar refractivity (Wildman–Crippen MR) is 208 cm³/mol. The zero-order valence-corrected chi connectivity index (χ0v) is 32.7. The lowest BCUT2D eigenvalue weighted by Crippen LogP contribution is -2.49. The first-order chi connectivity index (χ1) is 26.9. The zero-order chi connectivity index (χ0) is 40.4. The quantitative estimate of drug-likeness (QED) is 0.0926. The van der Waals surface area contributed by atoms with Crippen LogP contribution in [0.5, 0.6) is 0 Å². The van der Waals surface area contributed by atoms with Gasteiger partial charge in [-0.25, -0.2) is 19.6 Å². The molecule has 0 bridgehead atoms. The highest BCUT2D eigenvalue weighted by Crippen LogP contribution is 2.34. The number of aromatic nitrogens is 4. The lowest BCUT2D eigenvalue weighted by molar-refractivity contribution is -0.137. The van der Waals surface area contributed by atoms with Crippen LogP contribution in [-0.4, -0.2) is 119 Å². The maximum Gasteiger partial charge on any atom is 0.407 e. The summed E-state index contributed by atoms with van der Waals surface area (Å²) >= 11 is 0. The van der Waals surface area contributed by atoms with Crippen molar-refractivity contribution in [3.63, 3.8) is 0 Å². The molecule has 56 heavy (non-hydrogen) atoms. The third-order valence-corrected chi connectivity index (χ3v) is 10.1. The highest BCUT2D eigenvalue weighted by Gasteiger charge is 2.38. The molecule has 0 spiro atoms. The molecule has 3 heterocycles. The van der Waals surface area contributed by atoms with E-state index in [0.717, 1.165) is 51.4 Å². The normalized spacial score (nSPS) is 15.6. The number of ether oxygens (including phenoxy) is 3. The monoisotopic (exact) mass is 772 g/mol. The van der Waals surface area contributed by atoms with E-state index in [0.29, 0.717) is 18.2 Å². The number of alkyl carbamates (subject to hydrolysis) is 1. The van der Waals surface area contributed by atoms with Crippen molar-refractivity contribution in [3.8, 4) is 33.6 Å². The molecule has 0 aliphatic carbocycles. The Morgan fingerprint density at radius 3 is 2.00 bits per heavy atom. The van der Waals surface area contributed by atoms with Crippen LogP contribution >= 0.6 is 0 Å². The van der Waals surface area contributed by atoms with Crippen molar-refractivity contribution < 1.29 is 38.5 Å². The van der Waals surface area contributed by atoms with Crippen molar-refractivity contribution >= 4 is 24.0 Å². The Morgan fingerprint density at radius 1 is 0.857 bits per heavy atom. The Labute approximate surface area is 326 Å². The van der Waals surface area contributed by atoms with Crippen LogP contribution in [0.1, 0.15) is 63.3 Å². The first kappa shape index (κ1) is 41.4. The number of hydrogen-bond donors (Lipinski definition) is 5. The molecule has 0 saturated carbocycles. The highest BCUT2D eigenvalue weighted by atomic mass is 16.5. The minimum Gasteiger partial charge on any atom is -0.465 e. The number of rotatable bonds is 17. The van der Waals surface area contributed by atoms with Crippen molar-refractivity contribution in [1.29, 1.82) is 0 Å². The predicted octanol–water partition coefficient (Wildman–Crippen LogP) is 5.39. The molecule has 4 aromatic rings. The number of amides is 4. The van der Waals surface area contributed by atoms with Gasteiger partial charge in [-0.3, -0.25) is 14.5 Å². The summed E-state index contributed by atoms with van der Waals surface area (Å²) in [6, 6.07) is 13.8. The fourth-order valence-corrected chi connectivity index (χ4v) is 6.84. The third kappa shape index (κ3) is 9.92. The van der Waals surface area contributed by atoms with Gasteiger partial charge in [0, 0.05) is 53.9 Å². The number of nitrogens with zero attached hydrogens (tertiary/aromatic N) is 4. The second-order valence-corrected chi connectivity index (χ2v) is 14.1. The van der Waals surface area contributed by atoms with E-state index >= 15 is 0 Å². The molecule has 1 fully saturated rings. The van der Waals surface area contributed by atoms with Gasteiger partial charge in [-0.15, -0.1) is 0 Å². The van der Waals surface area contributed by atoms with Crippen molar-refractivity contribution in [2.75, 3.05) is 48.1 Å². The van der Waals surface area contributed by atoms with E-state index in [9.17, 15) is 24.3 Å². The maximum atomic E-state index is 13.6. The standard InChI is InChI=1S/C40H52N8O8/c1-24(2)34(46-37(49)29(17-20-54-4)45-39(51)56-6)36-42-23-31(44-36)28-15-11-26(12-16-28)25-9-13-27(14-10-25)30-22-41-35(43-30)32-8-7-19-48(32)38(50)33(18-21-55-5)47(3)40(52)53/h9-16,22-24,29,32-34H,7-8,17-21H2,1-6H3,(H,41,43)(H,42,44)(H,45,51)(H,46,49)(H,52,53)/t29-,32-,33-,34-/m0/s1. The van der Waals surface area contributed by atoms with Crippen LogP contribution < -0.4 is 10.6 Å². The number of hydrogen-bond acceptors (Lipinski definition) is 9. The molecule has 2 aromatic heterocycles. The van der Waals surface area contributed by atoms with Crippen LogP contribution in [-0.2, 0) is 23.8 Å². The molecule has 1 saturated heterocycles. The molecule has 0 radical (unpaired) electrons. The molecule has 16 heteroatoms. The van der Waals surface area contributed by atoms with E-state index in [1.807, 2.05) is 62.4 Å².